The van der Waals surface area contributed by atoms with Gasteiger partial charge >= 0.3 is 5.97 Å². The topological polar surface area (TPSA) is 92.4 Å². The third-order valence-electron chi connectivity index (χ3n) is 2.23. The molecular weight excluding hydrogens is 148 g/mol. The maximum absolute atomic E-state index is 10.9. The highest BCUT2D eigenvalue weighted by molar-refractivity contribution is 6.05. The van der Waals surface area contributed by atoms with Crippen molar-refractivity contribution in [2.24, 2.45) is 17.2 Å². The summed E-state index contributed by atoms with van der Waals surface area (Å²) in [5.41, 5.74) is 0.618. The number of hydrogen-bond donors (Lipinski definition) is 3. The molecule has 0 aliphatic heterocycles. The van der Waals surface area contributed by atoms with Crippen LogP contribution in [-0.2, 0) is 9.59 Å². The molecule has 0 radical (unpaired) electrons. The number of hydrazine groups is 1. The minimum atomic E-state index is -1.24. The van der Waals surface area contributed by atoms with E-state index in [1.807, 2.05) is 5.43 Å². The third-order valence-corrected chi connectivity index (χ3v) is 2.23. The first-order valence-electron chi connectivity index (χ1n) is 3.30. The highest BCUT2D eigenvalue weighted by atomic mass is 16.4. The highest BCUT2D eigenvalue weighted by Gasteiger charge is 2.63. The SMILES string of the molecule is C[C@H]1C[C@@]1(C(=O)O)C(=O)NN. The first-order chi connectivity index (χ1) is 5.05. The predicted octanol–water partition coefficient (Wildman–Crippen LogP) is -0.913. The maximum atomic E-state index is 10.9. The van der Waals surface area contributed by atoms with Gasteiger partial charge < -0.3 is 5.11 Å². The van der Waals surface area contributed by atoms with Crippen molar-refractivity contribution in [2.75, 3.05) is 0 Å². The normalized spacial score (nSPS) is 34.5. The van der Waals surface area contributed by atoms with E-state index < -0.39 is 17.3 Å². The predicted molar refractivity (Wildman–Crippen MR) is 36.2 cm³/mol. The number of carbonyl (C=O) groups is 2. The van der Waals surface area contributed by atoms with Crippen molar-refractivity contribution in [1.82, 2.24) is 5.43 Å². The number of carboxylic acids is 1. The Bertz CT molecular complexity index is 216. The van der Waals surface area contributed by atoms with Gasteiger partial charge in [0, 0.05) is 0 Å². The van der Waals surface area contributed by atoms with Crippen LogP contribution in [0.4, 0.5) is 0 Å². The van der Waals surface area contributed by atoms with Crippen LogP contribution >= 0.6 is 0 Å². The van der Waals surface area contributed by atoms with Gasteiger partial charge in [-0.2, -0.15) is 0 Å². The van der Waals surface area contributed by atoms with Crippen LogP contribution in [0.25, 0.3) is 0 Å². The van der Waals surface area contributed by atoms with Gasteiger partial charge in [-0.05, 0) is 12.3 Å². The number of nitrogens with two attached hydrogens (primary N) is 1. The Kier molecular flexibility index (Phi) is 1.60. The van der Waals surface area contributed by atoms with Gasteiger partial charge in [0.25, 0.3) is 5.91 Å². The summed E-state index contributed by atoms with van der Waals surface area (Å²) >= 11 is 0. The quantitative estimate of drug-likeness (QED) is 0.210. The molecule has 5 heteroatoms. The van der Waals surface area contributed by atoms with Gasteiger partial charge in [-0.15, -0.1) is 0 Å². The van der Waals surface area contributed by atoms with Crippen LogP contribution in [-0.4, -0.2) is 17.0 Å². The lowest BCUT2D eigenvalue weighted by Gasteiger charge is -2.07. The number of carboxylic acid groups (broad SMARTS) is 1. The molecule has 0 spiro atoms. The number of rotatable bonds is 2. The number of hydrogen-bond acceptors (Lipinski definition) is 3. The Morgan fingerprint density at radius 2 is 2.18 bits per heavy atom. The number of aliphatic carboxylic acids is 1. The summed E-state index contributed by atoms with van der Waals surface area (Å²) < 4.78 is 0. The molecule has 1 aliphatic carbocycles. The molecule has 2 atom stereocenters. The van der Waals surface area contributed by atoms with Crippen LogP contribution in [0.3, 0.4) is 0 Å². The van der Waals surface area contributed by atoms with E-state index in [1.165, 1.54) is 0 Å². The maximum Gasteiger partial charge on any atom is 0.319 e. The zero-order valence-electron chi connectivity index (χ0n) is 6.13. The van der Waals surface area contributed by atoms with E-state index in [4.69, 9.17) is 10.9 Å². The van der Waals surface area contributed by atoms with Crippen LogP contribution in [0.5, 0.6) is 0 Å². The summed E-state index contributed by atoms with van der Waals surface area (Å²) in [6, 6.07) is 0. The fourth-order valence-electron chi connectivity index (χ4n) is 1.26. The van der Waals surface area contributed by atoms with Crippen molar-refractivity contribution in [3.63, 3.8) is 0 Å². The van der Waals surface area contributed by atoms with Gasteiger partial charge in [-0.3, -0.25) is 15.0 Å². The first kappa shape index (κ1) is 8.00. The molecule has 0 aromatic heterocycles. The van der Waals surface area contributed by atoms with Gasteiger partial charge in [0.05, 0.1) is 0 Å². The molecule has 0 heterocycles. The van der Waals surface area contributed by atoms with E-state index in [0.717, 1.165) is 0 Å². The Labute approximate surface area is 63.5 Å². The van der Waals surface area contributed by atoms with Crippen LogP contribution in [0, 0.1) is 11.3 Å². The van der Waals surface area contributed by atoms with Crippen molar-refractivity contribution in [1.29, 1.82) is 0 Å². The van der Waals surface area contributed by atoms with Gasteiger partial charge in [0.2, 0.25) is 0 Å². The summed E-state index contributed by atoms with van der Waals surface area (Å²) in [6.07, 6.45) is 0.380. The molecule has 0 aromatic rings. The van der Waals surface area contributed by atoms with Crippen molar-refractivity contribution in [3.8, 4) is 0 Å². The lowest BCUT2D eigenvalue weighted by molar-refractivity contribution is -0.149. The molecule has 0 saturated heterocycles. The lowest BCUT2D eigenvalue weighted by Crippen LogP contribution is -2.41. The van der Waals surface area contributed by atoms with Gasteiger partial charge in [0.15, 0.2) is 5.41 Å². The van der Waals surface area contributed by atoms with Crippen LogP contribution < -0.4 is 11.3 Å². The zero-order valence-corrected chi connectivity index (χ0v) is 6.13. The summed E-state index contributed by atoms with van der Waals surface area (Å²) in [5, 5.41) is 8.66. The molecule has 1 aliphatic rings. The zero-order chi connectivity index (χ0) is 8.65. The number of carbonyl (C=O) groups excluding carboxylic acids is 1. The largest absolute Gasteiger partial charge is 0.480 e. The Balaban J connectivity index is 2.80. The van der Waals surface area contributed by atoms with E-state index in [-0.39, 0.29) is 5.92 Å². The van der Waals surface area contributed by atoms with E-state index >= 15 is 0 Å². The second kappa shape index (κ2) is 2.20. The van der Waals surface area contributed by atoms with Gasteiger partial charge in [-0.25, -0.2) is 5.84 Å². The second-order valence-electron chi connectivity index (χ2n) is 2.86. The summed E-state index contributed by atoms with van der Waals surface area (Å²) in [4.78, 5) is 21.5. The Morgan fingerprint density at radius 1 is 1.73 bits per heavy atom. The minimum absolute atomic E-state index is 0.108. The molecule has 11 heavy (non-hydrogen) atoms. The van der Waals surface area contributed by atoms with Crippen molar-refractivity contribution in [3.05, 3.63) is 0 Å². The average molecular weight is 158 g/mol. The molecule has 1 fully saturated rings. The highest BCUT2D eigenvalue weighted by Crippen LogP contribution is 2.52. The summed E-state index contributed by atoms with van der Waals surface area (Å²) in [7, 11) is 0. The lowest BCUT2D eigenvalue weighted by atomic mass is 10.0. The molecule has 1 saturated carbocycles. The van der Waals surface area contributed by atoms with Crippen molar-refractivity contribution < 1.29 is 14.7 Å². The fourth-order valence-corrected chi connectivity index (χ4v) is 1.26. The summed E-state index contributed by atoms with van der Waals surface area (Å²) in [6.45, 7) is 1.71. The first-order valence-corrected chi connectivity index (χ1v) is 3.30. The minimum Gasteiger partial charge on any atom is -0.480 e. The molecule has 1 amide bonds. The number of nitrogens with one attached hydrogen (secondary N) is 1. The molecule has 0 unspecified atom stereocenters. The third kappa shape index (κ3) is 0.883. The Morgan fingerprint density at radius 3 is 2.27 bits per heavy atom. The van der Waals surface area contributed by atoms with Gasteiger partial charge in [-0.1, -0.05) is 6.92 Å². The Hall–Kier alpha value is -1.10. The molecule has 4 N–H and O–H groups in total. The smallest absolute Gasteiger partial charge is 0.319 e. The van der Waals surface area contributed by atoms with E-state index in [0.29, 0.717) is 6.42 Å². The van der Waals surface area contributed by atoms with E-state index in [2.05, 4.69) is 0 Å². The summed E-state index contributed by atoms with van der Waals surface area (Å²) in [5.74, 6) is 3.04. The second-order valence-corrected chi connectivity index (χ2v) is 2.86. The van der Waals surface area contributed by atoms with Crippen molar-refractivity contribution in [2.45, 2.75) is 13.3 Å². The average Bonchev–Trinajstić information content (AvgIpc) is 2.61. The molecule has 62 valence electrons. The fraction of sp³-hybridized carbons (Fsp3) is 0.667. The molecule has 0 bridgehead atoms. The van der Waals surface area contributed by atoms with Crippen LogP contribution in [0.1, 0.15) is 13.3 Å². The van der Waals surface area contributed by atoms with Crippen LogP contribution in [0.15, 0.2) is 0 Å². The van der Waals surface area contributed by atoms with E-state index in [1.54, 1.807) is 6.92 Å². The molecule has 5 nitrogen and oxygen atoms in total. The van der Waals surface area contributed by atoms with Crippen LogP contribution in [0.2, 0.25) is 0 Å². The van der Waals surface area contributed by atoms with E-state index in [9.17, 15) is 9.59 Å². The monoisotopic (exact) mass is 158 g/mol. The molecule has 1 rings (SSSR count). The number of amides is 1. The molecule has 0 aromatic carbocycles. The molecular formula is C6H10N2O3. The standard InChI is InChI=1S/C6H10N2O3/c1-3-2-6(3,5(10)11)4(9)8-7/h3H,2,7H2,1H3,(H,8,9)(H,10,11)/t3-,6-/m0/s1. The van der Waals surface area contributed by atoms with Crippen molar-refractivity contribution >= 4 is 11.9 Å². The van der Waals surface area contributed by atoms with Gasteiger partial charge in [0.1, 0.15) is 0 Å².